The van der Waals surface area contributed by atoms with Crippen molar-refractivity contribution in [2.24, 2.45) is 0 Å². The summed E-state index contributed by atoms with van der Waals surface area (Å²) in [5, 5.41) is 3.36. The fourth-order valence-electron chi connectivity index (χ4n) is 2.88. The highest BCUT2D eigenvalue weighted by Gasteiger charge is 2.30. The zero-order valence-corrected chi connectivity index (χ0v) is 11.5. The molecular weight excluding hydrogens is 275 g/mol. The summed E-state index contributed by atoms with van der Waals surface area (Å²) in [6, 6.07) is 13.7. The first-order valence-electron chi connectivity index (χ1n) is 7.03. The summed E-state index contributed by atoms with van der Waals surface area (Å²) in [6.07, 6.45) is -2.49. The van der Waals surface area contributed by atoms with Gasteiger partial charge in [-0.25, -0.2) is 0 Å². The van der Waals surface area contributed by atoms with Crippen LogP contribution >= 0.6 is 0 Å². The molecule has 4 heteroatoms. The van der Waals surface area contributed by atoms with Crippen LogP contribution in [0.15, 0.2) is 48.5 Å². The number of halogens is 3. The van der Waals surface area contributed by atoms with Crippen LogP contribution in [0.25, 0.3) is 0 Å². The molecule has 1 heterocycles. The molecule has 2 aromatic rings. The average Bonchev–Trinajstić information content (AvgIpc) is 2.47. The SMILES string of the molecule is FC(F)(F)c1ccc(CC2CCNc3ccccc32)cc1. The first kappa shape index (κ1) is 14.0. The maximum absolute atomic E-state index is 12.6. The number of anilines is 1. The lowest BCUT2D eigenvalue weighted by Crippen LogP contribution is -2.18. The summed E-state index contributed by atoms with van der Waals surface area (Å²) in [5.41, 5.74) is 2.76. The number of fused-ring (bicyclic) bond motifs is 1. The first-order chi connectivity index (χ1) is 10.0. The molecule has 3 rings (SSSR count). The van der Waals surface area contributed by atoms with Crippen LogP contribution in [0.3, 0.4) is 0 Å². The van der Waals surface area contributed by atoms with Crippen LogP contribution in [-0.4, -0.2) is 6.54 Å². The number of alkyl halides is 3. The third-order valence-electron chi connectivity index (χ3n) is 3.97. The van der Waals surface area contributed by atoms with E-state index < -0.39 is 11.7 Å². The lowest BCUT2D eigenvalue weighted by atomic mass is 9.86. The molecule has 0 bridgehead atoms. The normalized spacial score (nSPS) is 18.0. The van der Waals surface area contributed by atoms with Gasteiger partial charge in [0, 0.05) is 12.2 Å². The molecule has 0 aromatic heterocycles. The van der Waals surface area contributed by atoms with Crippen molar-refractivity contribution >= 4 is 5.69 Å². The summed E-state index contributed by atoms with van der Waals surface area (Å²) >= 11 is 0. The van der Waals surface area contributed by atoms with Crippen LogP contribution in [0.2, 0.25) is 0 Å². The number of hydrogen-bond acceptors (Lipinski definition) is 1. The Labute approximate surface area is 121 Å². The standard InChI is InChI=1S/C17H16F3N/c18-17(19,20)14-7-5-12(6-8-14)11-13-9-10-21-16-4-2-1-3-15(13)16/h1-8,13,21H,9-11H2. The third kappa shape index (κ3) is 3.04. The largest absolute Gasteiger partial charge is 0.416 e. The van der Waals surface area contributed by atoms with Gasteiger partial charge in [0.05, 0.1) is 5.56 Å². The average molecular weight is 291 g/mol. The van der Waals surface area contributed by atoms with Crippen LogP contribution in [0.5, 0.6) is 0 Å². The number of hydrogen-bond donors (Lipinski definition) is 1. The molecule has 0 aliphatic carbocycles. The minimum atomic E-state index is -4.26. The van der Waals surface area contributed by atoms with E-state index >= 15 is 0 Å². The third-order valence-corrected chi connectivity index (χ3v) is 3.97. The smallest absolute Gasteiger partial charge is 0.385 e. The van der Waals surface area contributed by atoms with Gasteiger partial charge in [-0.2, -0.15) is 13.2 Å². The van der Waals surface area contributed by atoms with Crippen molar-refractivity contribution in [3.63, 3.8) is 0 Å². The van der Waals surface area contributed by atoms with Crippen LogP contribution in [0, 0.1) is 0 Å². The second-order valence-corrected chi connectivity index (χ2v) is 5.40. The molecule has 0 amide bonds. The Balaban J connectivity index is 1.79. The van der Waals surface area contributed by atoms with Crippen molar-refractivity contribution < 1.29 is 13.2 Å². The van der Waals surface area contributed by atoms with E-state index in [9.17, 15) is 13.2 Å². The maximum atomic E-state index is 12.6. The fourth-order valence-corrected chi connectivity index (χ4v) is 2.88. The van der Waals surface area contributed by atoms with Gasteiger partial charge in [0.15, 0.2) is 0 Å². The zero-order valence-electron chi connectivity index (χ0n) is 11.5. The Hall–Kier alpha value is -1.97. The van der Waals surface area contributed by atoms with E-state index in [2.05, 4.69) is 11.4 Å². The van der Waals surface area contributed by atoms with E-state index in [1.807, 2.05) is 18.2 Å². The highest BCUT2D eigenvalue weighted by atomic mass is 19.4. The molecule has 2 aromatic carbocycles. The number of nitrogens with one attached hydrogen (secondary N) is 1. The van der Waals surface area contributed by atoms with Gasteiger partial charge in [-0.15, -0.1) is 0 Å². The summed E-state index contributed by atoms with van der Waals surface area (Å²) in [5.74, 6) is 0.360. The van der Waals surface area contributed by atoms with Gasteiger partial charge in [0.1, 0.15) is 0 Å². The fraction of sp³-hybridized carbons (Fsp3) is 0.294. The lowest BCUT2D eigenvalue weighted by molar-refractivity contribution is -0.137. The van der Waals surface area contributed by atoms with Crippen molar-refractivity contribution in [2.45, 2.75) is 24.9 Å². The molecule has 1 N–H and O–H groups in total. The van der Waals surface area contributed by atoms with Crippen LogP contribution < -0.4 is 5.32 Å². The van der Waals surface area contributed by atoms with E-state index in [1.54, 1.807) is 12.1 Å². The predicted molar refractivity (Wildman–Crippen MR) is 77.4 cm³/mol. The van der Waals surface area contributed by atoms with Crippen molar-refractivity contribution in [2.75, 3.05) is 11.9 Å². The maximum Gasteiger partial charge on any atom is 0.416 e. The summed E-state index contributed by atoms with van der Waals surface area (Å²) in [6.45, 7) is 0.905. The highest BCUT2D eigenvalue weighted by Crippen LogP contribution is 2.34. The van der Waals surface area contributed by atoms with Gasteiger partial charge < -0.3 is 5.32 Å². The molecule has 1 unspecified atom stereocenters. The zero-order chi connectivity index (χ0) is 14.9. The highest BCUT2D eigenvalue weighted by molar-refractivity contribution is 5.55. The molecule has 0 spiro atoms. The summed E-state index contributed by atoms with van der Waals surface area (Å²) in [7, 11) is 0. The minimum absolute atomic E-state index is 0.360. The number of benzene rings is 2. The monoisotopic (exact) mass is 291 g/mol. The number of rotatable bonds is 2. The van der Waals surface area contributed by atoms with Crippen LogP contribution in [-0.2, 0) is 12.6 Å². The molecular formula is C17H16F3N. The topological polar surface area (TPSA) is 12.0 Å². The van der Waals surface area contributed by atoms with Crippen LogP contribution in [0.1, 0.15) is 29.0 Å². The Morgan fingerprint density at radius 2 is 1.71 bits per heavy atom. The van der Waals surface area contributed by atoms with Gasteiger partial charge in [-0.3, -0.25) is 0 Å². The Morgan fingerprint density at radius 1 is 1.00 bits per heavy atom. The lowest BCUT2D eigenvalue weighted by Gasteiger charge is -2.26. The molecule has 0 saturated heterocycles. The van der Waals surface area contributed by atoms with Crippen molar-refractivity contribution in [3.8, 4) is 0 Å². The second kappa shape index (κ2) is 5.43. The van der Waals surface area contributed by atoms with Crippen LogP contribution in [0.4, 0.5) is 18.9 Å². The summed E-state index contributed by atoms with van der Waals surface area (Å²) < 4.78 is 37.7. The first-order valence-corrected chi connectivity index (χ1v) is 7.03. The molecule has 21 heavy (non-hydrogen) atoms. The van der Waals surface area contributed by atoms with Gasteiger partial charge >= 0.3 is 6.18 Å². The molecule has 1 aliphatic rings. The summed E-state index contributed by atoms with van der Waals surface area (Å²) in [4.78, 5) is 0. The van der Waals surface area contributed by atoms with Gasteiger partial charge in [-0.1, -0.05) is 30.3 Å². The molecule has 1 nitrogen and oxygen atoms in total. The molecule has 0 radical (unpaired) electrons. The van der Waals surface area contributed by atoms with E-state index in [-0.39, 0.29) is 0 Å². The van der Waals surface area contributed by atoms with Gasteiger partial charge in [0.2, 0.25) is 0 Å². The van der Waals surface area contributed by atoms with E-state index in [1.165, 1.54) is 17.7 Å². The van der Waals surface area contributed by atoms with Crippen molar-refractivity contribution in [3.05, 3.63) is 65.2 Å². The Morgan fingerprint density at radius 3 is 2.43 bits per heavy atom. The van der Waals surface area contributed by atoms with E-state index in [0.29, 0.717) is 5.92 Å². The second-order valence-electron chi connectivity index (χ2n) is 5.40. The molecule has 1 aliphatic heterocycles. The van der Waals surface area contributed by atoms with Crippen molar-refractivity contribution in [1.82, 2.24) is 0 Å². The Kier molecular flexibility index (Phi) is 3.62. The molecule has 1 atom stereocenters. The number of para-hydroxylation sites is 1. The van der Waals surface area contributed by atoms with E-state index in [0.717, 1.165) is 30.6 Å². The molecule has 0 saturated carbocycles. The molecule has 110 valence electrons. The quantitative estimate of drug-likeness (QED) is 0.834. The minimum Gasteiger partial charge on any atom is -0.385 e. The van der Waals surface area contributed by atoms with Crippen molar-refractivity contribution in [1.29, 1.82) is 0 Å². The Bertz CT molecular complexity index is 617. The molecule has 0 fully saturated rings. The van der Waals surface area contributed by atoms with Gasteiger partial charge in [-0.05, 0) is 48.1 Å². The van der Waals surface area contributed by atoms with Gasteiger partial charge in [0.25, 0.3) is 0 Å². The predicted octanol–water partition coefficient (Wildman–Crippen LogP) is 4.85. The van der Waals surface area contributed by atoms with E-state index in [4.69, 9.17) is 0 Å².